The van der Waals surface area contributed by atoms with Gasteiger partial charge in [0.15, 0.2) is 0 Å². The Morgan fingerprint density at radius 1 is 1.32 bits per heavy atom. The van der Waals surface area contributed by atoms with Gasteiger partial charge in [0.25, 0.3) is 5.91 Å². The Bertz CT molecular complexity index is 680. The van der Waals surface area contributed by atoms with E-state index in [9.17, 15) is 4.79 Å². The summed E-state index contributed by atoms with van der Waals surface area (Å²) in [4.78, 5) is 21.4. The molecule has 0 unspecified atom stereocenters. The number of nitrogens with zero attached hydrogens (tertiary/aromatic N) is 3. The smallest absolute Gasteiger partial charge is 0.273 e. The van der Waals surface area contributed by atoms with E-state index in [0.29, 0.717) is 18.3 Å². The van der Waals surface area contributed by atoms with Crippen molar-refractivity contribution in [3.8, 4) is 0 Å². The first-order valence-electron chi connectivity index (χ1n) is 8.85. The summed E-state index contributed by atoms with van der Waals surface area (Å²) >= 11 is 1.52. The predicted molar refractivity (Wildman–Crippen MR) is 102 cm³/mol. The number of rotatable bonds is 6. The molecule has 1 fully saturated rings. The van der Waals surface area contributed by atoms with Crippen molar-refractivity contribution < 1.29 is 4.79 Å². The number of piperidine rings is 1. The largest absolute Gasteiger partial charge is 0.337 e. The Morgan fingerprint density at radius 2 is 2.04 bits per heavy atom. The standard InChI is InChI=1S/C19H26N4OS/c1-22(19(24)17-14-25-18(21-17)7-10-20)16-8-11-23(12-9-16)13-15-5-3-2-4-6-15/h2-6,14,16H,7-13,20H2,1H3. The summed E-state index contributed by atoms with van der Waals surface area (Å²) in [5, 5.41) is 2.80. The van der Waals surface area contributed by atoms with Gasteiger partial charge in [0, 0.05) is 44.5 Å². The van der Waals surface area contributed by atoms with Gasteiger partial charge in [0.2, 0.25) is 0 Å². The third-order valence-electron chi connectivity index (χ3n) is 4.80. The van der Waals surface area contributed by atoms with Gasteiger partial charge in [-0.2, -0.15) is 0 Å². The first-order valence-corrected chi connectivity index (χ1v) is 9.73. The van der Waals surface area contributed by atoms with Crippen LogP contribution in [-0.2, 0) is 13.0 Å². The van der Waals surface area contributed by atoms with Crippen molar-refractivity contribution in [2.45, 2.75) is 31.8 Å². The zero-order chi connectivity index (χ0) is 17.6. The van der Waals surface area contributed by atoms with Crippen LogP contribution in [0.3, 0.4) is 0 Å². The first-order chi connectivity index (χ1) is 12.2. The third-order valence-corrected chi connectivity index (χ3v) is 5.71. The van der Waals surface area contributed by atoms with Crippen LogP contribution in [0, 0.1) is 0 Å². The van der Waals surface area contributed by atoms with Gasteiger partial charge in [-0.15, -0.1) is 11.3 Å². The number of carbonyl (C=O) groups excluding carboxylic acids is 1. The lowest BCUT2D eigenvalue weighted by atomic mass is 10.0. The molecule has 1 aliphatic heterocycles. The highest BCUT2D eigenvalue weighted by molar-refractivity contribution is 7.09. The van der Waals surface area contributed by atoms with Gasteiger partial charge in [-0.3, -0.25) is 9.69 Å². The van der Waals surface area contributed by atoms with Crippen molar-refractivity contribution in [1.29, 1.82) is 0 Å². The van der Waals surface area contributed by atoms with E-state index in [0.717, 1.165) is 43.9 Å². The Balaban J connectivity index is 1.52. The number of benzene rings is 1. The van der Waals surface area contributed by atoms with Crippen LogP contribution < -0.4 is 5.73 Å². The van der Waals surface area contributed by atoms with Gasteiger partial charge in [-0.05, 0) is 24.9 Å². The summed E-state index contributed by atoms with van der Waals surface area (Å²) in [6, 6.07) is 10.8. The topological polar surface area (TPSA) is 62.5 Å². The van der Waals surface area contributed by atoms with Gasteiger partial charge in [0.1, 0.15) is 5.69 Å². The molecule has 0 saturated carbocycles. The van der Waals surface area contributed by atoms with Crippen LogP contribution >= 0.6 is 11.3 Å². The summed E-state index contributed by atoms with van der Waals surface area (Å²) in [6.45, 7) is 3.59. The summed E-state index contributed by atoms with van der Waals surface area (Å²) in [5.41, 5.74) is 7.46. The van der Waals surface area contributed by atoms with Crippen molar-refractivity contribution in [1.82, 2.24) is 14.8 Å². The molecule has 0 atom stereocenters. The quantitative estimate of drug-likeness (QED) is 0.861. The summed E-state index contributed by atoms with van der Waals surface area (Å²) in [5.74, 6) is 0.0287. The lowest BCUT2D eigenvalue weighted by molar-refractivity contribution is 0.0631. The van der Waals surface area contributed by atoms with Crippen LogP contribution in [0.5, 0.6) is 0 Å². The molecule has 2 heterocycles. The Morgan fingerprint density at radius 3 is 2.72 bits per heavy atom. The number of carbonyl (C=O) groups is 1. The van der Waals surface area contributed by atoms with Gasteiger partial charge in [-0.25, -0.2) is 4.98 Å². The van der Waals surface area contributed by atoms with E-state index < -0.39 is 0 Å². The molecule has 3 rings (SSSR count). The fourth-order valence-electron chi connectivity index (χ4n) is 3.30. The van der Waals surface area contributed by atoms with E-state index in [-0.39, 0.29) is 5.91 Å². The average molecular weight is 359 g/mol. The van der Waals surface area contributed by atoms with Crippen LogP contribution in [0.4, 0.5) is 0 Å². The molecule has 134 valence electrons. The second kappa shape index (κ2) is 8.56. The van der Waals surface area contributed by atoms with E-state index >= 15 is 0 Å². The number of amides is 1. The Labute approximate surface area is 153 Å². The second-order valence-corrected chi connectivity index (χ2v) is 7.52. The molecule has 0 bridgehead atoms. The second-order valence-electron chi connectivity index (χ2n) is 6.57. The van der Waals surface area contributed by atoms with Crippen molar-refractivity contribution in [2.24, 2.45) is 5.73 Å². The van der Waals surface area contributed by atoms with E-state index in [1.807, 2.05) is 23.4 Å². The van der Waals surface area contributed by atoms with Gasteiger partial charge < -0.3 is 10.6 Å². The van der Waals surface area contributed by atoms with Crippen LogP contribution in [0.2, 0.25) is 0 Å². The van der Waals surface area contributed by atoms with Crippen LogP contribution in [0.1, 0.15) is 33.9 Å². The van der Waals surface area contributed by atoms with E-state index in [1.54, 1.807) is 0 Å². The zero-order valence-corrected chi connectivity index (χ0v) is 15.5. The average Bonchev–Trinajstić information content (AvgIpc) is 3.11. The van der Waals surface area contributed by atoms with E-state index in [4.69, 9.17) is 5.73 Å². The summed E-state index contributed by atoms with van der Waals surface area (Å²) in [7, 11) is 1.90. The molecule has 1 aliphatic rings. The molecular weight excluding hydrogens is 332 g/mol. The minimum absolute atomic E-state index is 0.0287. The molecule has 5 nitrogen and oxygen atoms in total. The molecule has 1 aromatic heterocycles. The molecule has 0 spiro atoms. The highest BCUT2D eigenvalue weighted by Crippen LogP contribution is 2.20. The maximum Gasteiger partial charge on any atom is 0.273 e. The van der Waals surface area contributed by atoms with Crippen LogP contribution in [-0.4, -0.2) is 53.4 Å². The molecule has 2 N–H and O–H groups in total. The molecule has 1 amide bonds. The highest BCUT2D eigenvalue weighted by Gasteiger charge is 2.27. The third kappa shape index (κ3) is 4.66. The van der Waals surface area contributed by atoms with Gasteiger partial charge in [-0.1, -0.05) is 30.3 Å². The minimum Gasteiger partial charge on any atom is -0.337 e. The fraction of sp³-hybridized carbons (Fsp3) is 0.474. The molecule has 1 aromatic carbocycles. The highest BCUT2D eigenvalue weighted by atomic mass is 32.1. The van der Waals surface area contributed by atoms with Crippen molar-refractivity contribution in [3.05, 3.63) is 52.0 Å². The van der Waals surface area contributed by atoms with Gasteiger partial charge >= 0.3 is 0 Å². The molecule has 0 aliphatic carbocycles. The SMILES string of the molecule is CN(C(=O)c1csc(CCN)n1)C1CCN(Cc2ccccc2)CC1. The zero-order valence-electron chi connectivity index (χ0n) is 14.7. The number of nitrogens with two attached hydrogens (primary N) is 1. The normalized spacial score (nSPS) is 16.1. The molecule has 0 radical (unpaired) electrons. The molecule has 25 heavy (non-hydrogen) atoms. The minimum atomic E-state index is 0.0287. The summed E-state index contributed by atoms with van der Waals surface area (Å²) < 4.78 is 0. The molecular formula is C19H26N4OS. The van der Waals surface area contributed by atoms with E-state index in [1.165, 1.54) is 16.9 Å². The molecule has 1 saturated heterocycles. The number of likely N-dealkylation sites (tertiary alicyclic amines) is 1. The van der Waals surface area contributed by atoms with Crippen molar-refractivity contribution >= 4 is 17.2 Å². The van der Waals surface area contributed by atoms with Crippen LogP contribution in [0.15, 0.2) is 35.7 Å². The lowest BCUT2D eigenvalue weighted by Crippen LogP contribution is -2.45. The predicted octanol–water partition coefficient (Wildman–Crippen LogP) is 2.38. The van der Waals surface area contributed by atoms with Crippen molar-refractivity contribution in [3.63, 3.8) is 0 Å². The van der Waals surface area contributed by atoms with Crippen molar-refractivity contribution in [2.75, 3.05) is 26.7 Å². The number of aromatic nitrogens is 1. The maximum atomic E-state index is 12.7. The maximum absolute atomic E-state index is 12.7. The first kappa shape index (κ1) is 18.0. The molecule has 6 heteroatoms. The fourth-order valence-corrected chi connectivity index (χ4v) is 4.09. The summed E-state index contributed by atoms with van der Waals surface area (Å²) in [6.07, 6.45) is 2.75. The number of thiazole rings is 1. The number of hydrogen-bond donors (Lipinski definition) is 1. The number of hydrogen-bond acceptors (Lipinski definition) is 5. The van der Waals surface area contributed by atoms with Gasteiger partial charge in [0.05, 0.1) is 5.01 Å². The Hall–Kier alpha value is -1.76. The Kier molecular flexibility index (Phi) is 6.18. The van der Waals surface area contributed by atoms with Crippen LogP contribution in [0.25, 0.3) is 0 Å². The lowest BCUT2D eigenvalue weighted by Gasteiger charge is -2.36. The van der Waals surface area contributed by atoms with E-state index in [2.05, 4.69) is 34.1 Å². The monoisotopic (exact) mass is 358 g/mol. The molecule has 2 aromatic rings.